The molecule has 3 aromatic rings. The van der Waals surface area contributed by atoms with E-state index in [9.17, 15) is 51.4 Å². The molecule has 70 heavy (non-hydrogen) atoms. The molecule has 1 heterocycles. The lowest BCUT2D eigenvalue weighted by molar-refractivity contribution is -0.193. The molecule has 1 aromatic heterocycles. The highest BCUT2D eigenvalue weighted by atomic mass is 35.5. The molecule has 1 atom stereocenters. The lowest BCUT2D eigenvalue weighted by Crippen LogP contribution is -2.40. The number of benzene rings is 2. The zero-order chi connectivity index (χ0) is 54.7. The molecule has 0 saturated carbocycles. The van der Waals surface area contributed by atoms with Crippen LogP contribution in [0.2, 0.25) is 5.02 Å². The number of esters is 1. The molecule has 394 valence electrons. The van der Waals surface area contributed by atoms with Crippen LogP contribution in [0.5, 0.6) is 0 Å². The van der Waals surface area contributed by atoms with Gasteiger partial charge in [0.25, 0.3) is 11.5 Å². The Hall–Kier alpha value is -4.15. The Morgan fingerprint density at radius 1 is 1.03 bits per heavy atom. The van der Waals surface area contributed by atoms with Crippen molar-refractivity contribution in [1.29, 1.82) is 0 Å². The van der Waals surface area contributed by atoms with Crippen LogP contribution in [0.3, 0.4) is 0 Å². The number of amides is 2. The number of carbonyl (C=O) groups excluding carboxylic acids is 3. The first kappa shape index (κ1) is 67.9. The molecule has 0 saturated heterocycles. The molecule has 0 radical (unpaired) electrons. The fourth-order valence-electron chi connectivity index (χ4n) is 5.14. The van der Waals surface area contributed by atoms with Gasteiger partial charge in [-0.3, -0.25) is 34.0 Å². The highest BCUT2D eigenvalue weighted by Gasteiger charge is 2.35. The molecule has 0 spiro atoms. The van der Waals surface area contributed by atoms with E-state index in [0.29, 0.717) is 45.8 Å². The lowest BCUT2D eigenvalue weighted by atomic mass is 10.0. The van der Waals surface area contributed by atoms with Gasteiger partial charge in [0, 0.05) is 32.8 Å². The normalized spacial score (nSPS) is 11.5. The SMILES string of the molecule is C=CCN(CC=C)C(=O)C(Cl)Cl.CC(C)OC(=O)c1cc(-n2c(=O)cc(C(F)(F)F)n(C)c2=O)ccc1Cl.CCOCN(C(=O)CCl)c1c(C)cccc1CC.C[S+](C)C.O=C(O)CNCP(=O)([O-])O. The molecule has 3 rings (SSSR count). The molecule has 0 aliphatic rings. The van der Waals surface area contributed by atoms with E-state index < -0.39 is 66.4 Å². The minimum atomic E-state index is -4.86. The van der Waals surface area contributed by atoms with E-state index >= 15 is 0 Å². The predicted octanol–water partition coefficient (Wildman–Crippen LogP) is 6.55. The number of carboxylic acid groups (broad SMARTS) is 1. The van der Waals surface area contributed by atoms with Crippen LogP contribution in [0.4, 0.5) is 18.9 Å². The first-order valence-corrected chi connectivity index (χ1v) is 26.5. The fourth-order valence-corrected chi connectivity index (χ4v) is 6.15. The summed E-state index contributed by atoms with van der Waals surface area (Å²) in [4.78, 5) is 89.4. The van der Waals surface area contributed by atoms with Gasteiger partial charge in [-0.25, -0.2) is 14.2 Å². The van der Waals surface area contributed by atoms with E-state index in [2.05, 4.69) is 38.8 Å². The van der Waals surface area contributed by atoms with Gasteiger partial charge in [0.15, 0.2) is 4.84 Å². The van der Waals surface area contributed by atoms with Gasteiger partial charge in [-0.1, -0.05) is 72.1 Å². The second-order valence-electron chi connectivity index (χ2n) is 14.6. The van der Waals surface area contributed by atoms with E-state index in [1.54, 1.807) is 30.9 Å². The minimum absolute atomic E-state index is 0.0104. The van der Waals surface area contributed by atoms with E-state index in [-0.39, 0.29) is 40.7 Å². The van der Waals surface area contributed by atoms with Gasteiger partial charge >= 0.3 is 23.8 Å². The highest BCUT2D eigenvalue weighted by molar-refractivity contribution is 7.94. The van der Waals surface area contributed by atoms with Crippen LogP contribution in [0.15, 0.2) is 77.4 Å². The maximum absolute atomic E-state index is 12.9. The minimum Gasteiger partial charge on any atom is -0.778 e. The Kier molecular flexibility index (Phi) is 33.2. The van der Waals surface area contributed by atoms with Crippen LogP contribution in [-0.2, 0) is 59.0 Å². The Morgan fingerprint density at radius 2 is 1.59 bits per heavy atom. The number of rotatable bonds is 18. The van der Waals surface area contributed by atoms with E-state index in [4.69, 9.17) is 65.9 Å². The Bertz CT molecular complexity index is 2340. The van der Waals surface area contributed by atoms with Crippen molar-refractivity contribution in [2.75, 3.05) is 68.8 Å². The largest absolute Gasteiger partial charge is 0.778 e. The summed E-state index contributed by atoms with van der Waals surface area (Å²) in [5.41, 5.74) is -0.880. The van der Waals surface area contributed by atoms with Crippen LogP contribution >= 0.6 is 54.0 Å². The summed E-state index contributed by atoms with van der Waals surface area (Å²) >= 11 is 22.4. The Balaban J connectivity index is 0. The van der Waals surface area contributed by atoms with Gasteiger partial charge in [0.05, 0.1) is 59.7 Å². The molecule has 0 aliphatic carbocycles. The number of aryl methyl sites for hydroxylation is 2. The van der Waals surface area contributed by atoms with Crippen molar-refractivity contribution in [3.63, 3.8) is 0 Å². The fraction of sp³-hybridized carbons (Fsp3) is 0.455. The van der Waals surface area contributed by atoms with Gasteiger partial charge in [-0.2, -0.15) is 13.2 Å². The molecule has 2 amide bonds. The number of anilines is 1. The molecule has 0 aliphatic heterocycles. The van der Waals surface area contributed by atoms with E-state index in [1.165, 1.54) is 17.0 Å². The topological polar surface area (TPSA) is 230 Å². The maximum atomic E-state index is 12.9. The average Bonchev–Trinajstić information content (AvgIpc) is 3.24. The van der Waals surface area contributed by atoms with Crippen molar-refractivity contribution in [3.8, 4) is 5.69 Å². The predicted molar refractivity (Wildman–Crippen MR) is 271 cm³/mol. The summed E-state index contributed by atoms with van der Waals surface area (Å²) in [5, 5.41) is 9.98. The molecule has 0 fully saturated rings. The monoisotopic (exact) mass is 1110 g/mol. The number of carboxylic acids is 1. The number of hydrogen-bond donors (Lipinski definition) is 3. The summed E-state index contributed by atoms with van der Waals surface area (Å²) in [6.45, 7) is 17.4. The molecule has 1 unspecified atom stereocenters. The second kappa shape index (κ2) is 34.3. The molecule has 0 bridgehead atoms. The van der Waals surface area contributed by atoms with Gasteiger partial charge < -0.3 is 33.8 Å². The Morgan fingerprint density at radius 3 is 2.01 bits per heavy atom. The second-order valence-corrected chi connectivity index (χ2v) is 20.4. The molecule has 26 heteroatoms. The smallest absolute Gasteiger partial charge is 0.431 e. The van der Waals surface area contributed by atoms with Crippen LogP contribution in [0, 0.1) is 6.92 Å². The number of nitrogens with zero attached hydrogens (tertiary/aromatic N) is 4. The van der Waals surface area contributed by atoms with Crippen molar-refractivity contribution < 1.29 is 61.3 Å². The third-order valence-electron chi connectivity index (χ3n) is 7.98. The third kappa shape index (κ3) is 26.3. The molecular formula is C44H61Cl4F3N5O12PS. The number of aliphatic carboxylic acids is 1. The number of aromatic nitrogens is 2. The standard InChI is InChI=1S/C16H14ClF3N2O4.C14H20ClNO2.C8H11Cl2NO.C3H8NO5P.C3H9S/c1-8(2)26-14(24)10-6-9(4-5-11(10)17)22-13(23)7-12(16(18,19)20)21(3)15(22)25;1-4-12-8-6-7-11(3)14(12)16(10-18-5-2)13(17)9-15;1-3-5-11(6-4-2)8(12)7(9)10;5-3(6)1-4-2-10(7,8)9;1-4(2)3/h4-8H,1-3H3;6-8H,4-5,9-10H2,1-3H3;3-4,7H,1-2,5-6H2;4H,1-2H2,(H,5,6)(H2,7,8,9);1-3H3/q;;;;+1/p-1. The van der Waals surface area contributed by atoms with E-state index in [0.717, 1.165) is 36.3 Å². The zero-order valence-corrected chi connectivity index (χ0v) is 44.9. The number of hydrogen-bond acceptors (Lipinski definition) is 11. The molecule has 17 nitrogen and oxygen atoms in total. The van der Waals surface area contributed by atoms with Crippen molar-refractivity contribution in [2.45, 2.75) is 58.2 Å². The molecule has 3 N–H and O–H groups in total. The van der Waals surface area contributed by atoms with Gasteiger partial charge in [-0.15, -0.1) is 24.8 Å². The van der Waals surface area contributed by atoms with Crippen LogP contribution in [-0.4, -0.2) is 123 Å². The first-order valence-electron chi connectivity index (χ1n) is 20.5. The van der Waals surface area contributed by atoms with Crippen molar-refractivity contribution in [1.82, 2.24) is 19.4 Å². The number of halogens is 7. The number of carbonyl (C=O) groups is 4. The number of para-hydroxylation sites is 1. The summed E-state index contributed by atoms with van der Waals surface area (Å²) in [7, 11) is -2.81. The van der Waals surface area contributed by atoms with Crippen molar-refractivity contribution >= 4 is 94.3 Å². The van der Waals surface area contributed by atoms with E-state index in [1.807, 2.05) is 37.4 Å². The van der Waals surface area contributed by atoms with Gasteiger partial charge in [-0.05, 0) is 74.3 Å². The summed E-state index contributed by atoms with van der Waals surface area (Å²) < 4.78 is 59.8. The lowest BCUT2D eigenvalue weighted by Gasteiger charge is -2.25. The quantitative estimate of drug-likeness (QED) is 0.0307. The van der Waals surface area contributed by atoms with Crippen LogP contribution < -0.4 is 26.4 Å². The van der Waals surface area contributed by atoms with Gasteiger partial charge in [0.2, 0.25) is 5.91 Å². The summed E-state index contributed by atoms with van der Waals surface area (Å²) in [6.07, 6.45) is 4.66. The molecule has 2 aromatic carbocycles. The average molecular weight is 1110 g/mol. The van der Waals surface area contributed by atoms with Crippen LogP contribution in [0.1, 0.15) is 54.9 Å². The molecular weight excluding hydrogens is 1050 g/mol. The first-order chi connectivity index (χ1) is 32.4. The van der Waals surface area contributed by atoms with Gasteiger partial charge in [0.1, 0.15) is 25.9 Å². The highest BCUT2D eigenvalue weighted by Crippen LogP contribution is 2.28. The zero-order valence-electron chi connectivity index (χ0n) is 40.2. The van der Waals surface area contributed by atoms with Crippen LogP contribution in [0.25, 0.3) is 5.69 Å². The Labute approximate surface area is 428 Å². The number of ether oxygens (including phenoxy) is 2. The van der Waals surface area contributed by atoms with Crippen molar-refractivity contribution in [2.24, 2.45) is 7.05 Å². The number of nitrogens with one attached hydrogen (secondary N) is 1. The summed E-state index contributed by atoms with van der Waals surface area (Å²) in [6, 6.07) is 9.94. The maximum Gasteiger partial charge on any atom is 0.431 e. The summed E-state index contributed by atoms with van der Waals surface area (Å²) in [5.74, 6) is -2.45. The van der Waals surface area contributed by atoms with Crippen molar-refractivity contribution in [3.05, 3.63) is 116 Å². The number of alkyl halides is 6. The third-order valence-corrected chi connectivity index (χ3v) is 9.53.